The Morgan fingerprint density at radius 3 is 2.75 bits per heavy atom. The summed E-state index contributed by atoms with van der Waals surface area (Å²) in [6.45, 7) is 2.83. The SMILES string of the molecule is CC1CCC(CN)C(Oc2cccc(S(C)(=O)=O)c2)C1. The minimum Gasteiger partial charge on any atom is -0.490 e. The molecule has 112 valence electrons. The molecule has 0 spiro atoms. The highest BCUT2D eigenvalue weighted by atomic mass is 32.2. The maximum absolute atomic E-state index is 11.6. The standard InChI is InChI=1S/C15H23NO3S/c1-11-6-7-12(10-16)15(8-11)19-13-4-3-5-14(9-13)20(2,17)18/h3-5,9,11-12,15H,6-8,10,16H2,1-2H3. The van der Waals surface area contributed by atoms with Crippen molar-refractivity contribution in [3.05, 3.63) is 24.3 Å². The molecule has 0 amide bonds. The first kappa shape index (κ1) is 15.3. The first-order chi connectivity index (χ1) is 9.40. The van der Waals surface area contributed by atoms with E-state index >= 15 is 0 Å². The van der Waals surface area contributed by atoms with Crippen molar-refractivity contribution in [1.29, 1.82) is 0 Å². The van der Waals surface area contributed by atoms with Gasteiger partial charge in [0, 0.05) is 12.2 Å². The van der Waals surface area contributed by atoms with Crippen molar-refractivity contribution in [2.24, 2.45) is 17.6 Å². The molecule has 1 fully saturated rings. The van der Waals surface area contributed by atoms with Gasteiger partial charge >= 0.3 is 0 Å². The second-order valence-corrected chi connectivity index (χ2v) is 7.83. The quantitative estimate of drug-likeness (QED) is 0.925. The van der Waals surface area contributed by atoms with Gasteiger partial charge in [-0.05, 0) is 43.5 Å². The van der Waals surface area contributed by atoms with Gasteiger partial charge in [-0.1, -0.05) is 19.4 Å². The minimum absolute atomic E-state index is 0.0820. The minimum atomic E-state index is -3.20. The topological polar surface area (TPSA) is 69.4 Å². The molecule has 4 nitrogen and oxygen atoms in total. The van der Waals surface area contributed by atoms with Crippen LogP contribution < -0.4 is 10.5 Å². The molecule has 0 heterocycles. The Morgan fingerprint density at radius 1 is 1.35 bits per heavy atom. The molecule has 1 aliphatic rings. The molecule has 20 heavy (non-hydrogen) atoms. The Morgan fingerprint density at radius 2 is 2.10 bits per heavy atom. The van der Waals surface area contributed by atoms with Crippen molar-refractivity contribution in [1.82, 2.24) is 0 Å². The van der Waals surface area contributed by atoms with Gasteiger partial charge in [-0.3, -0.25) is 0 Å². The van der Waals surface area contributed by atoms with E-state index in [1.165, 1.54) is 12.7 Å². The Labute approximate surface area is 121 Å². The van der Waals surface area contributed by atoms with Crippen LogP contribution in [0.1, 0.15) is 26.2 Å². The molecular formula is C15H23NO3S. The van der Waals surface area contributed by atoms with E-state index < -0.39 is 9.84 Å². The zero-order chi connectivity index (χ0) is 14.8. The summed E-state index contributed by atoms with van der Waals surface area (Å²) in [7, 11) is -3.20. The number of benzene rings is 1. The van der Waals surface area contributed by atoms with E-state index in [0.717, 1.165) is 12.8 Å². The summed E-state index contributed by atoms with van der Waals surface area (Å²) in [5, 5.41) is 0. The fraction of sp³-hybridized carbons (Fsp3) is 0.600. The van der Waals surface area contributed by atoms with Gasteiger partial charge in [0.25, 0.3) is 0 Å². The summed E-state index contributed by atoms with van der Waals surface area (Å²) < 4.78 is 29.2. The maximum Gasteiger partial charge on any atom is 0.175 e. The molecular weight excluding hydrogens is 274 g/mol. The monoisotopic (exact) mass is 297 g/mol. The van der Waals surface area contributed by atoms with Crippen LogP contribution in [0.15, 0.2) is 29.2 Å². The maximum atomic E-state index is 11.6. The van der Waals surface area contributed by atoms with Crippen LogP contribution in [0.5, 0.6) is 5.75 Å². The van der Waals surface area contributed by atoms with Crippen molar-refractivity contribution < 1.29 is 13.2 Å². The molecule has 2 rings (SSSR count). The van der Waals surface area contributed by atoms with Crippen molar-refractivity contribution >= 4 is 9.84 Å². The zero-order valence-corrected chi connectivity index (χ0v) is 12.9. The van der Waals surface area contributed by atoms with Crippen molar-refractivity contribution in [2.45, 2.75) is 37.2 Å². The fourth-order valence-electron chi connectivity index (χ4n) is 2.76. The van der Waals surface area contributed by atoms with Gasteiger partial charge in [-0.25, -0.2) is 8.42 Å². The van der Waals surface area contributed by atoms with Crippen LogP contribution in [-0.4, -0.2) is 27.3 Å². The Hall–Kier alpha value is -1.07. The third kappa shape index (κ3) is 3.73. The Kier molecular flexibility index (Phi) is 4.70. The summed E-state index contributed by atoms with van der Waals surface area (Å²) in [4.78, 5) is 0.295. The van der Waals surface area contributed by atoms with Crippen LogP contribution in [0.4, 0.5) is 0 Å². The Balaban J connectivity index is 2.16. The van der Waals surface area contributed by atoms with E-state index in [4.69, 9.17) is 10.5 Å². The number of hydrogen-bond donors (Lipinski definition) is 1. The molecule has 1 saturated carbocycles. The molecule has 5 heteroatoms. The largest absolute Gasteiger partial charge is 0.490 e. The van der Waals surface area contributed by atoms with Crippen LogP contribution in [-0.2, 0) is 9.84 Å². The third-order valence-corrected chi connectivity index (χ3v) is 5.12. The smallest absolute Gasteiger partial charge is 0.175 e. The van der Waals surface area contributed by atoms with E-state index in [9.17, 15) is 8.42 Å². The number of ether oxygens (including phenoxy) is 1. The lowest BCUT2D eigenvalue weighted by atomic mass is 9.80. The molecule has 0 radical (unpaired) electrons. The van der Waals surface area contributed by atoms with Crippen LogP contribution >= 0.6 is 0 Å². The molecule has 3 atom stereocenters. The average Bonchev–Trinajstić information content (AvgIpc) is 2.38. The molecule has 0 bridgehead atoms. The molecule has 2 N–H and O–H groups in total. The van der Waals surface area contributed by atoms with Gasteiger partial charge in [0.15, 0.2) is 9.84 Å². The lowest BCUT2D eigenvalue weighted by molar-refractivity contribution is 0.0740. The van der Waals surface area contributed by atoms with Crippen molar-refractivity contribution in [3.63, 3.8) is 0 Å². The Bertz CT molecular complexity index is 556. The van der Waals surface area contributed by atoms with Crippen LogP contribution in [0.2, 0.25) is 0 Å². The van der Waals surface area contributed by atoms with Crippen LogP contribution in [0, 0.1) is 11.8 Å². The first-order valence-corrected chi connectivity index (χ1v) is 8.96. The van der Waals surface area contributed by atoms with E-state index in [1.807, 2.05) is 6.07 Å². The van der Waals surface area contributed by atoms with E-state index in [1.54, 1.807) is 18.2 Å². The summed E-state index contributed by atoms with van der Waals surface area (Å²) in [6.07, 6.45) is 4.53. The first-order valence-electron chi connectivity index (χ1n) is 7.07. The van der Waals surface area contributed by atoms with Crippen LogP contribution in [0.3, 0.4) is 0 Å². The number of nitrogens with two attached hydrogens (primary N) is 1. The second kappa shape index (κ2) is 6.14. The highest BCUT2D eigenvalue weighted by Crippen LogP contribution is 2.31. The average molecular weight is 297 g/mol. The predicted octanol–water partition coefficient (Wildman–Crippen LogP) is 2.23. The number of sulfone groups is 1. The summed E-state index contributed by atoms with van der Waals surface area (Å²) in [6, 6.07) is 6.71. The van der Waals surface area contributed by atoms with E-state index in [0.29, 0.717) is 29.0 Å². The molecule has 0 aliphatic heterocycles. The number of hydrogen-bond acceptors (Lipinski definition) is 4. The fourth-order valence-corrected chi connectivity index (χ4v) is 3.41. The zero-order valence-electron chi connectivity index (χ0n) is 12.1. The van der Waals surface area contributed by atoms with Crippen molar-refractivity contribution in [3.8, 4) is 5.75 Å². The molecule has 0 aromatic heterocycles. The summed E-state index contributed by atoms with van der Waals surface area (Å²) in [5.41, 5.74) is 5.82. The molecule has 3 unspecified atom stereocenters. The summed E-state index contributed by atoms with van der Waals surface area (Å²) in [5.74, 6) is 1.60. The lowest BCUT2D eigenvalue weighted by Crippen LogP contribution is -2.37. The van der Waals surface area contributed by atoms with Crippen LogP contribution in [0.25, 0.3) is 0 Å². The van der Waals surface area contributed by atoms with Gasteiger partial charge < -0.3 is 10.5 Å². The van der Waals surface area contributed by atoms with E-state index in [2.05, 4.69) is 6.92 Å². The third-order valence-electron chi connectivity index (χ3n) is 4.01. The highest BCUT2D eigenvalue weighted by Gasteiger charge is 2.29. The van der Waals surface area contributed by atoms with Crippen molar-refractivity contribution in [2.75, 3.05) is 12.8 Å². The highest BCUT2D eigenvalue weighted by molar-refractivity contribution is 7.90. The lowest BCUT2D eigenvalue weighted by Gasteiger charge is -2.34. The summed E-state index contributed by atoms with van der Waals surface area (Å²) >= 11 is 0. The van der Waals surface area contributed by atoms with Gasteiger partial charge in [0.05, 0.1) is 4.90 Å². The number of rotatable bonds is 4. The van der Waals surface area contributed by atoms with Gasteiger partial charge in [-0.2, -0.15) is 0 Å². The van der Waals surface area contributed by atoms with E-state index in [-0.39, 0.29) is 6.10 Å². The van der Waals surface area contributed by atoms with Gasteiger partial charge in [-0.15, -0.1) is 0 Å². The molecule has 0 saturated heterocycles. The normalized spacial score (nSPS) is 27.2. The second-order valence-electron chi connectivity index (χ2n) is 5.82. The van der Waals surface area contributed by atoms with Gasteiger partial charge in [0.2, 0.25) is 0 Å². The molecule has 1 aliphatic carbocycles. The van der Waals surface area contributed by atoms with Gasteiger partial charge in [0.1, 0.15) is 11.9 Å². The predicted molar refractivity (Wildman–Crippen MR) is 79.5 cm³/mol. The molecule has 1 aromatic rings. The molecule has 1 aromatic carbocycles.